The number of hydrogen-bond acceptors (Lipinski definition) is 3. The molecule has 0 saturated carbocycles. The second-order valence-corrected chi connectivity index (χ2v) is 4.86. The Hall–Kier alpha value is -1.76. The second kappa shape index (κ2) is 6.42. The molecule has 0 bridgehead atoms. The van der Waals surface area contributed by atoms with E-state index in [2.05, 4.69) is 12.2 Å². The lowest BCUT2D eigenvalue weighted by Gasteiger charge is -2.13. The first kappa shape index (κ1) is 13.7. The molecule has 0 aliphatic carbocycles. The van der Waals surface area contributed by atoms with Crippen molar-refractivity contribution in [3.05, 3.63) is 58.5 Å². The summed E-state index contributed by atoms with van der Waals surface area (Å²) in [6, 6.07) is 13.6. The van der Waals surface area contributed by atoms with Crippen LogP contribution in [0.2, 0.25) is 5.02 Å². The molecule has 98 valence electrons. The number of hydrogen-bond donors (Lipinski definition) is 1. The molecule has 2 aromatic rings. The molecule has 1 aromatic carbocycles. The fourth-order valence-electron chi connectivity index (χ4n) is 1.87. The summed E-state index contributed by atoms with van der Waals surface area (Å²) in [6.07, 6.45) is 0.853. The molecule has 0 spiro atoms. The molecule has 0 radical (unpaired) electrons. The normalized spacial score (nSPS) is 12.1. The van der Waals surface area contributed by atoms with Crippen LogP contribution in [-0.4, -0.2) is 6.04 Å². The molecule has 0 aliphatic rings. The molecule has 19 heavy (non-hydrogen) atoms. The summed E-state index contributed by atoms with van der Waals surface area (Å²) in [4.78, 5) is 0. The summed E-state index contributed by atoms with van der Waals surface area (Å²) in [6.45, 7) is 2.70. The molecule has 1 N–H and O–H groups in total. The van der Waals surface area contributed by atoms with E-state index < -0.39 is 0 Å². The highest BCUT2D eigenvalue weighted by molar-refractivity contribution is 6.31. The zero-order valence-corrected chi connectivity index (χ0v) is 11.4. The Morgan fingerprint density at radius 2 is 2.11 bits per heavy atom. The molecule has 0 saturated heterocycles. The summed E-state index contributed by atoms with van der Waals surface area (Å²) in [7, 11) is 0. The summed E-state index contributed by atoms with van der Waals surface area (Å²) in [5.41, 5.74) is 1.13. The minimum Gasteiger partial charge on any atom is -0.449 e. The van der Waals surface area contributed by atoms with Gasteiger partial charge in [0, 0.05) is 11.1 Å². The van der Waals surface area contributed by atoms with Gasteiger partial charge >= 0.3 is 0 Å². The Morgan fingerprint density at radius 1 is 1.32 bits per heavy atom. The predicted octanol–water partition coefficient (Wildman–Crippen LogP) is 3.53. The number of nitriles is 1. The van der Waals surface area contributed by atoms with Gasteiger partial charge in [-0.3, -0.25) is 0 Å². The molecule has 1 atom stereocenters. The summed E-state index contributed by atoms with van der Waals surface area (Å²) < 4.78 is 5.31. The number of nitrogens with zero attached hydrogens (tertiary/aromatic N) is 1. The van der Waals surface area contributed by atoms with Crippen molar-refractivity contribution in [3.63, 3.8) is 0 Å². The standard InChI is InChI=1S/C15H15ClN2O/c1-11(8-12-4-2-3-5-15(12)16)18-10-14-7-6-13(9-17)19-14/h2-7,11,18H,8,10H2,1H3. The highest BCUT2D eigenvalue weighted by Crippen LogP contribution is 2.16. The van der Waals surface area contributed by atoms with Gasteiger partial charge < -0.3 is 9.73 Å². The van der Waals surface area contributed by atoms with Crippen molar-refractivity contribution in [2.45, 2.75) is 25.9 Å². The van der Waals surface area contributed by atoms with E-state index >= 15 is 0 Å². The van der Waals surface area contributed by atoms with Crippen LogP contribution < -0.4 is 5.32 Å². The van der Waals surface area contributed by atoms with Crippen molar-refractivity contribution >= 4 is 11.6 Å². The van der Waals surface area contributed by atoms with E-state index in [-0.39, 0.29) is 6.04 Å². The molecular weight excluding hydrogens is 260 g/mol. The third-order valence-corrected chi connectivity index (χ3v) is 3.25. The Kier molecular flexibility index (Phi) is 4.62. The number of benzene rings is 1. The lowest BCUT2D eigenvalue weighted by molar-refractivity contribution is 0.447. The number of furan rings is 1. The maximum absolute atomic E-state index is 8.67. The van der Waals surface area contributed by atoms with Gasteiger partial charge in [-0.25, -0.2) is 0 Å². The van der Waals surface area contributed by atoms with E-state index in [1.54, 1.807) is 6.07 Å². The molecule has 1 heterocycles. The first-order valence-corrected chi connectivity index (χ1v) is 6.52. The smallest absolute Gasteiger partial charge is 0.203 e. The SMILES string of the molecule is CC(Cc1ccccc1Cl)NCc1ccc(C#N)o1. The molecule has 0 aliphatic heterocycles. The van der Waals surface area contributed by atoms with Gasteiger partial charge in [0.15, 0.2) is 0 Å². The fraction of sp³-hybridized carbons (Fsp3) is 0.267. The Bertz CT molecular complexity index is 586. The zero-order valence-electron chi connectivity index (χ0n) is 10.7. The number of halogens is 1. The molecule has 4 heteroatoms. The Morgan fingerprint density at radius 3 is 2.79 bits per heavy atom. The molecule has 2 rings (SSSR count). The van der Waals surface area contributed by atoms with E-state index in [0.29, 0.717) is 12.3 Å². The number of rotatable bonds is 5. The van der Waals surface area contributed by atoms with Crippen LogP contribution in [0.25, 0.3) is 0 Å². The first-order valence-electron chi connectivity index (χ1n) is 6.14. The van der Waals surface area contributed by atoms with Crippen molar-refractivity contribution in [2.24, 2.45) is 0 Å². The third-order valence-electron chi connectivity index (χ3n) is 2.88. The van der Waals surface area contributed by atoms with E-state index in [4.69, 9.17) is 21.3 Å². The van der Waals surface area contributed by atoms with E-state index in [1.165, 1.54) is 0 Å². The van der Waals surface area contributed by atoms with E-state index in [0.717, 1.165) is 22.8 Å². The molecule has 3 nitrogen and oxygen atoms in total. The van der Waals surface area contributed by atoms with Crippen LogP contribution in [0.5, 0.6) is 0 Å². The predicted molar refractivity (Wildman–Crippen MR) is 74.9 cm³/mol. The van der Waals surface area contributed by atoms with Gasteiger partial charge in [0.05, 0.1) is 6.54 Å². The minimum atomic E-state index is 0.274. The molecule has 0 fully saturated rings. The average molecular weight is 275 g/mol. The lowest BCUT2D eigenvalue weighted by atomic mass is 10.1. The molecule has 1 aromatic heterocycles. The van der Waals surface area contributed by atoms with E-state index in [1.807, 2.05) is 36.4 Å². The molecule has 1 unspecified atom stereocenters. The van der Waals surface area contributed by atoms with Gasteiger partial charge in [-0.15, -0.1) is 0 Å². The van der Waals surface area contributed by atoms with Crippen LogP contribution in [-0.2, 0) is 13.0 Å². The summed E-state index contributed by atoms with van der Waals surface area (Å²) in [5.74, 6) is 1.11. The van der Waals surface area contributed by atoms with Gasteiger partial charge in [0.1, 0.15) is 11.8 Å². The van der Waals surface area contributed by atoms with Gasteiger partial charge in [-0.1, -0.05) is 29.8 Å². The van der Waals surface area contributed by atoms with Gasteiger partial charge in [-0.05, 0) is 37.1 Å². The van der Waals surface area contributed by atoms with Crippen molar-refractivity contribution in [3.8, 4) is 6.07 Å². The van der Waals surface area contributed by atoms with Crippen molar-refractivity contribution in [2.75, 3.05) is 0 Å². The second-order valence-electron chi connectivity index (χ2n) is 4.46. The average Bonchev–Trinajstić information content (AvgIpc) is 2.87. The third kappa shape index (κ3) is 3.85. The molecular formula is C15H15ClN2O. The van der Waals surface area contributed by atoms with E-state index in [9.17, 15) is 0 Å². The van der Waals surface area contributed by atoms with Gasteiger partial charge in [0.25, 0.3) is 0 Å². The zero-order chi connectivity index (χ0) is 13.7. The fourth-order valence-corrected chi connectivity index (χ4v) is 2.09. The number of nitrogens with one attached hydrogen (secondary N) is 1. The summed E-state index contributed by atoms with van der Waals surface area (Å²) in [5, 5.41) is 12.8. The maximum Gasteiger partial charge on any atom is 0.203 e. The van der Waals surface area contributed by atoms with Crippen molar-refractivity contribution in [1.82, 2.24) is 5.32 Å². The summed E-state index contributed by atoms with van der Waals surface area (Å²) >= 11 is 6.13. The van der Waals surface area contributed by atoms with Crippen molar-refractivity contribution in [1.29, 1.82) is 5.26 Å². The minimum absolute atomic E-state index is 0.274. The van der Waals surface area contributed by atoms with Crippen LogP contribution in [0.3, 0.4) is 0 Å². The van der Waals surface area contributed by atoms with Crippen LogP contribution in [0, 0.1) is 11.3 Å². The van der Waals surface area contributed by atoms with Crippen LogP contribution in [0.1, 0.15) is 24.0 Å². The largest absolute Gasteiger partial charge is 0.449 e. The van der Waals surface area contributed by atoms with Crippen LogP contribution in [0.15, 0.2) is 40.8 Å². The van der Waals surface area contributed by atoms with Gasteiger partial charge in [0.2, 0.25) is 5.76 Å². The first-order chi connectivity index (χ1) is 9.19. The molecule has 0 amide bonds. The van der Waals surface area contributed by atoms with Gasteiger partial charge in [-0.2, -0.15) is 5.26 Å². The topological polar surface area (TPSA) is 49.0 Å². The highest BCUT2D eigenvalue weighted by atomic mass is 35.5. The maximum atomic E-state index is 8.67. The quantitative estimate of drug-likeness (QED) is 0.907. The lowest BCUT2D eigenvalue weighted by Crippen LogP contribution is -2.27. The van der Waals surface area contributed by atoms with Crippen LogP contribution in [0.4, 0.5) is 0 Å². The monoisotopic (exact) mass is 274 g/mol. The highest BCUT2D eigenvalue weighted by Gasteiger charge is 2.07. The van der Waals surface area contributed by atoms with Crippen LogP contribution >= 0.6 is 11.6 Å². The Balaban J connectivity index is 1.87. The Labute approximate surface area is 117 Å². The van der Waals surface area contributed by atoms with Crippen molar-refractivity contribution < 1.29 is 4.42 Å².